The Morgan fingerprint density at radius 1 is 1.29 bits per heavy atom. The number of carbonyl (C=O) groups excluding carboxylic acids is 1. The fraction of sp³-hybridized carbons (Fsp3) is 0.320. The summed E-state index contributed by atoms with van der Waals surface area (Å²) in [6.45, 7) is 2.62. The number of nitrogens with zero attached hydrogens (tertiary/aromatic N) is 2. The number of anilines is 1. The first kappa shape index (κ1) is 24.5. The lowest BCUT2D eigenvalue weighted by atomic mass is 9.93. The second-order valence-electron chi connectivity index (χ2n) is 8.85. The predicted molar refractivity (Wildman–Crippen MR) is 139 cm³/mol. The molecule has 2 aliphatic rings. The molecular formula is C25H30N6O3S. The summed E-state index contributed by atoms with van der Waals surface area (Å²) in [5, 5.41) is 2.32. The summed E-state index contributed by atoms with van der Waals surface area (Å²) < 4.78 is 27.2. The number of aryl methyl sites for hydroxylation is 2. The van der Waals surface area contributed by atoms with E-state index in [9.17, 15) is 13.2 Å². The van der Waals surface area contributed by atoms with Crippen LogP contribution in [0.4, 0.5) is 10.5 Å². The lowest BCUT2D eigenvalue weighted by molar-refractivity contribution is 0.256. The van der Waals surface area contributed by atoms with Gasteiger partial charge in [-0.2, -0.15) is 8.42 Å². The molecule has 2 amide bonds. The number of nitrogens with two attached hydrogens (primary N) is 2. The molecular weight excluding hydrogens is 464 g/mol. The SMILES string of the molecule is Cc1cc2c(c(NC(=O)NS(=O)(=O)/C(N)=C/C=NCC3CC3)c1-c1ccnc(/C=C\N)c1)CCC2. The molecule has 2 aliphatic carbocycles. The van der Waals surface area contributed by atoms with Crippen LogP contribution in [-0.2, 0) is 22.9 Å². The molecule has 2 aromatic rings. The van der Waals surface area contributed by atoms with Crippen molar-refractivity contribution < 1.29 is 13.2 Å². The number of aliphatic imine (C=N–C) groups is 1. The maximum absolute atomic E-state index is 12.9. The normalized spacial score (nSPS) is 16.1. The van der Waals surface area contributed by atoms with Gasteiger partial charge in [0.05, 0.1) is 11.4 Å². The quantitative estimate of drug-likeness (QED) is 0.413. The molecule has 184 valence electrons. The summed E-state index contributed by atoms with van der Waals surface area (Å²) in [5.74, 6) is 0.578. The minimum absolute atomic E-state index is 0.478. The number of fused-ring (bicyclic) bond motifs is 1. The lowest BCUT2D eigenvalue weighted by Gasteiger charge is -2.19. The van der Waals surface area contributed by atoms with Gasteiger partial charge in [0.2, 0.25) is 0 Å². The summed E-state index contributed by atoms with van der Waals surface area (Å²) in [5.41, 5.74) is 17.3. The van der Waals surface area contributed by atoms with Crippen LogP contribution in [0, 0.1) is 12.8 Å². The largest absolute Gasteiger partial charge is 0.405 e. The lowest BCUT2D eigenvalue weighted by Crippen LogP contribution is -2.37. The molecule has 0 unspecified atom stereocenters. The average Bonchev–Trinajstić information content (AvgIpc) is 3.51. The number of allylic oxidation sites excluding steroid dienone is 1. The molecule has 35 heavy (non-hydrogen) atoms. The van der Waals surface area contributed by atoms with E-state index in [-0.39, 0.29) is 0 Å². The number of amides is 2. The van der Waals surface area contributed by atoms with Crippen molar-refractivity contribution in [1.82, 2.24) is 9.71 Å². The number of hydrogen-bond acceptors (Lipinski definition) is 7. The van der Waals surface area contributed by atoms with Crippen molar-refractivity contribution >= 4 is 34.0 Å². The summed E-state index contributed by atoms with van der Waals surface area (Å²) >= 11 is 0. The molecule has 0 spiro atoms. The molecule has 10 heteroatoms. The number of nitrogens with one attached hydrogen (secondary N) is 2. The first-order chi connectivity index (χ1) is 16.8. The topological polar surface area (TPSA) is 153 Å². The number of carbonyl (C=O) groups is 1. The van der Waals surface area contributed by atoms with Gasteiger partial charge in [0, 0.05) is 24.5 Å². The third-order valence-electron chi connectivity index (χ3n) is 6.11. The Morgan fingerprint density at radius 2 is 2.09 bits per heavy atom. The minimum atomic E-state index is -4.23. The minimum Gasteiger partial charge on any atom is -0.405 e. The van der Waals surface area contributed by atoms with Crippen LogP contribution in [0.1, 0.15) is 41.6 Å². The average molecular weight is 495 g/mol. The maximum Gasteiger partial charge on any atom is 0.333 e. The number of benzene rings is 1. The first-order valence-corrected chi connectivity index (χ1v) is 13.1. The Morgan fingerprint density at radius 3 is 2.83 bits per heavy atom. The predicted octanol–water partition coefficient (Wildman–Crippen LogP) is 3.21. The monoisotopic (exact) mass is 494 g/mol. The molecule has 0 atom stereocenters. The van der Waals surface area contributed by atoms with Gasteiger partial charge in [-0.25, -0.2) is 9.52 Å². The van der Waals surface area contributed by atoms with E-state index in [2.05, 4.69) is 21.4 Å². The summed E-state index contributed by atoms with van der Waals surface area (Å²) in [7, 11) is -4.23. The van der Waals surface area contributed by atoms with Gasteiger partial charge >= 0.3 is 6.03 Å². The van der Waals surface area contributed by atoms with Gasteiger partial charge in [0.25, 0.3) is 10.0 Å². The van der Waals surface area contributed by atoms with Crippen LogP contribution in [0.15, 0.2) is 46.7 Å². The number of urea groups is 1. The summed E-state index contributed by atoms with van der Waals surface area (Å²) in [6, 6.07) is 4.96. The Hall–Kier alpha value is -3.66. The fourth-order valence-electron chi connectivity index (χ4n) is 4.24. The standard InChI is InChI=1S/C25H30N6O3S/c1-16-13-18-3-2-4-21(18)24(23(16)19-8-12-29-20(14-19)7-10-26)30-25(32)31-35(33,34)22(27)9-11-28-15-17-5-6-17/h7-14,17H,2-6,15,26-27H2,1H3,(H2,30,31,32)/b10-7-,22-9+,28-11?. The third kappa shape index (κ3) is 5.89. The van der Waals surface area contributed by atoms with Crippen molar-refractivity contribution in [3.05, 3.63) is 64.1 Å². The van der Waals surface area contributed by atoms with E-state index in [1.807, 2.05) is 23.8 Å². The van der Waals surface area contributed by atoms with Crippen molar-refractivity contribution in [2.75, 3.05) is 11.9 Å². The molecule has 0 radical (unpaired) electrons. The van der Waals surface area contributed by atoms with Crippen molar-refractivity contribution in [1.29, 1.82) is 0 Å². The van der Waals surface area contributed by atoms with Gasteiger partial charge in [-0.3, -0.25) is 9.98 Å². The number of hydrogen-bond donors (Lipinski definition) is 4. The molecule has 1 heterocycles. The van der Waals surface area contributed by atoms with Crippen LogP contribution in [-0.4, -0.2) is 32.2 Å². The molecule has 9 nitrogen and oxygen atoms in total. The van der Waals surface area contributed by atoms with Crippen LogP contribution < -0.4 is 21.5 Å². The number of aromatic nitrogens is 1. The summed E-state index contributed by atoms with van der Waals surface area (Å²) in [4.78, 5) is 21.3. The van der Waals surface area contributed by atoms with Crippen LogP contribution in [0.25, 0.3) is 17.2 Å². The molecule has 1 aromatic carbocycles. The van der Waals surface area contributed by atoms with Gasteiger partial charge in [-0.1, -0.05) is 6.07 Å². The van der Waals surface area contributed by atoms with E-state index < -0.39 is 21.1 Å². The van der Waals surface area contributed by atoms with E-state index in [0.29, 0.717) is 23.8 Å². The first-order valence-electron chi connectivity index (χ1n) is 11.6. The fourth-order valence-corrected chi connectivity index (χ4v) is 4.90. The Labute approximate surface area is 205 Å². The Bertz CT molecular complexity index is 1330. The van der Waals surface area contributed by atoms with E-state index in [1.54, 1.807) is 12.3 Å². The molecule has 0 aliphatic heterocycles. The Balaban J connectivity index is 1.61. The molecule has 1 saturated carbocycles. The second kappa shape index (κ2) is 10.3. The molecule has 0 saturated heterocycles. The molecule has 1 fully saturated rings. The van der Waals surface area contributed by atoms with Crippen molar-refractivity contribution in [2.24, 2.45) is 22.4 Å². The van der Waals surface area contributed by atoms with E-state index >= 15 is 0 Å². The number of rotatable bonds is 8. The van der Waals surface area contributed by atoms with Crippen molar-refractivity contribution in [3.8, 4) is 11.1 Å². The van der Waals surface area contributed by atoms with E-state index in [1.165, 1.54) is 18.5 Å². The van der Waals surface area contributed by atoms with Crippen LogP contribution in [0.3, 0.4) is 0 Å². The van der Waals surface area contributed by atoms with Gasteiger partial charge < -0.3 is 16.8 Å². The summed E-state index contributed by atoms with van der Waals surface area (Å²) in [6.07, 6.45) is 12.3. The van der Waals surface area contributed by atoms with Gasteiger partial charge in [-0.05, 0) is 97.7 Å². The van der Waals surface area contributed by atoms with Crippen molar-refractivity contribution in [2.45, 2.75) is 39.0 Å². The molecule has 4 rings (SSSR count). The zero-order valence-electron chi connectivity index (χ0n) is 19.6. The van der Waals surface area contributed by atoms with Gasteiger partial charge in [-0.15, -0.1) is 0 Å². The van der Waals surface area contributed by atoms with E-state index in [4.69, 9.17) is 11.5 Å². The van der Waals surface area contributed by atoms with Crippen molar-refractivity contribution in [3.63, 3.8) is 0 Å². The third-order valence-corrected chi connectivity index (χ3v) is 7.33. The molecule has 6 N–H and O–H groups in total. The highest BCUT2D eigenvalue weighted by Gasteiger charge is 2.25. The smallest absolute Gasteiger partial charge is 0.333 e. The highest BCUT2D eigenvalue weighted by Crippen LogP contribution is 2.40. The molecule has 0 bridgehead atoms. The molecule has 1 aromatic heterocycles. The maximum atomic E-state index is 12.9. The highest BCUT2D eigenvalue weighted by molar-refractivity contribution is 7.93. The van der Waals surface area contributed by atoms with Crippen LogP contribution >= 0.6 is 0 Å². The van der Waals surface area contributed by atoms with Gasteiger partial charge in [0.1, 0.15) is 5.03 Å². The van der Waals surface area contributed by atoms with Gasteiger partial charge in [0.15, 0.2) is 0 Å². The second-order valence-corrected chi connectivity index (χ2v) is 10.5. The Kier molecular flexibility index (Phi) is 7.20. The van der Waals surface area contributed by atoms with Crippen LogP contribution in [0.2, 0.25) is 0 Å². The highest BCUT2D eigenvalue weighted by atomic mass is 32.2. The number of sulfonamides is 1. The zero-order valence-corrected chi connectivity index (χ0v) is 20.4. The van der Waals surface area contributed by atoms with E-state index in [0.717, 1.165) is 59.9 Å². The zero-order chi connectivity index (χ0) is 25.0. The number of pyridine rings is 1. The van der Waals surface area contributed by atoms with Crippen LogP contribution in [0.5, 0.6) is 0 Å².